The van der Waals surface area contributed by atoms with Crippen molar-refractivity contribution < 1.29 is 116 Å². The summed E-state index contributed by atoms with van der Waals surface area (Å²) in [5.74, 6) is -2.33. The van der Waals surface area contributed by atoms with Gasteiger partial charge >= 0.3 is 19.8 Å². The topological polar surface area (TPSA) is 373 Å². The zero-order chi connectivity index (χ0) is 66.1. The summed E-state index contributed by atoms with van der Waals surface area (Å²) in [5.41, 5.74) is 0. The highest BCUT2D eigenvalue weighted by molar-refractivity contribution is 7.48. The highest BCUT2D eigenvalue weighted by atomic mass is 31.2. The predicted octanol–water partition coefficient (Wildman–Crippen LogP) is 5.52. The Morgan fingerprint density at radius 3 is 1.68 bits per heavy atom. The summed E-state index contributed by atoms with van der Waals surface area (Å²) in [6, 6.07) is 0. The molecule has 3 aliphatic heterocycles. The number of hydrogen-bond acceptors (Lipinski definition) is 24. The van der Waals surface area contributed by atoms with Crippen molar-refractivity contribution in [1.29, 1.82) is 0 Å². The van der Waals surface area contributed by atoms with Crippen molar-refractivity contribution in [3.63, 3.8) is 0 Å². The zero-order valence-corrected chi connectivity index (χ0v) is 55.0. The maximum Gasteiger partial charge on any atom is 0.474 e. The van der Waals surface area contributed by atoms with Gasteiger partial charge in [0.15, 0.2) is 25.0 Å². The number of allylic oxidation sites excluding steroid dienone is 4. The third-order valence-corrected chi connectivity index (χ3v) is 17.4. The lowest BCUT2D eigenvalue weighted by Crippen LogP contribution is -2.66. The summed E-state index contributed by atoms with van der Waals surface area (Å²) < 4.78 is 75.4. The van der Waals surface area contributed by atoms with Crippen molar-refractivity contribution in [3.8, 4) is 0 Å². The Morgan fingerprint density at radius 1 is 0.533 bits per heavy atom. The van der Waals surface area contributed by atoms with E-state index in [1.54, 1.807) is 6.92 Å². The minimum Gasteiger partial charge on any atom is -0.462 e. The average Bonchev–Trinajstić information content (AvgIpc) is 0.851. The van der Waals surface area contributed by atoms with Crippen molar-refractivity contribution in [3.05, 3.63) is 24.3 Å². The van der Waals surface area contributed by atoms with Crippen molar-refractivity contribution in [1.82, 2.24) is 10.6 Å². The molecule has 7 unspecified atom stereocenters. The number of amides is 2. The zero-order valence-electron chi connectivity index (χ0n) is 54.1. The first kappa shape index (κ1) is 81.1. The van der Waals surface area contributed by atoms with Gasteiger partial charge in [-0.05, 0) is 84.5 Å². The normalized spacial score (nSPS) is 28.2. The largest absolute Gasteiger partial charge is 0.474 e. The van der Waals surface area contributed by atoms with Gasteiger partial charge in [0.1, 0.15) is 61.5 Å². The molecule has 524 valence electrons. The Kier molecular flexibility index (Phi) is 43.0. The number of hydrogen-bond donors (Lipinski definition) is 10. The molecule has 0 aromatic heterocycles. The molecule has 0 spiro atoms. The fraction of sp³-hybridized carbons (Fsp3) is 0.873. The molecular weight excluding hydrogens is 1200 g/mol. The van der Waals surface area contributed by atoms with E-state index in [4.69, 9.17) is 51.5 Å². The second-order valence-electron chi connectivity index (χ2n) is 23.6. The molecule has 0 radical (unpaired) electrons. The van der Waals surface area contributed by atoms with Gasteiger partial charge in [-0.3, -0.25) is 32.7 Å². The van der Waals surface area contributed by atoms with Crippen LogP contribution < -0.4 is 10.6 Å². The van der Waals surface area contributed by atoms with Crippen LogP contribution in [0.15, 0.2) is 24.3 Å². The number of nitrogens with one attached hydrogen (secondary N) is 2. The molecule has 17 atom stereocenters. The van der Waals surface area contributed by atoms with Gasteiger partial charge in [-0.2, -0.15) is 0 Å². The molecule has 3 fully saturated rings. The number of phosphoric acid groups is 1. The summed E-state index contributed by atoms with van der Waals surface area (Å²) in [6.45, 7) is 5.02. The van der Waals surface area contributed by atoms with E-state index in [1.807, 2.05) is 13.0 Å². The van der Waals surface area contributed by atoms with Crippen LogP contribution in [-0.4, -0.2) is 217 Å². The monoisotopic (exact) mass is 1310 g/mol. The summed E-state index contributed by atoms with van der Waals surface area (Å²) in [7, 11) is -3.08. The highest BCUT2D eigenvalue weighted by Crippen LogP contribution is 2.48. The lowest BCUT2D eigenvalue weighted by Gasteiger charge is -2.48. The second kappa shape index (κ2) is 47.7. The maximum atomic E-state index is 13.4. The van der Waals surface area contributed by atoms with Gasteiger partial charge in [0.25, 0.3) is 0 Å². The molecular formula is C63H113N2O24P. The average molecular weight is 1310 g/mol. The standard InChI is InChI=1S/C63H113N2O24P/c1-6-8-10-12-14-16-17-18-19-20-21-22-24-26-28-35-52(71)85-46(42-81-51(70)34-27-25-23-15-13-11-9-7-2)43-83-90(78,79-5)82-39-37-65-50(69)33-30-29-32-49(68)64-36-31-38-80-61-44(3)53(72)59(48(41-67)87-61)88-63-60(57(76)55(74)47(40-66)86-63)89-62-58(77)56(75)54(73)45(4)84-62/h7,9,18-19,44-48,53-63,66-67,72-77H,6,8,10-17,20-43H2,1-5H3,(H,64,68)(H,65,69)/b9-7+,19-18+/t44?,45?,46-,47?,48-,53?,54+,55-,56-,57-,58?,59+,60?,61+,62-,63-,90?/m0/s1. The molecule has 0 aromatic rings. The molecule has 26 nitrogen and oxygen atoms in total. The molecule has 0 bridgehead atoms. The summed E-state index contributed by atoms with van der Waals surface area (Å²) >= 11 is 0. The number of esters is 2. The van der Waals surface area contributed by atoms with Crippen molar-refractivity contribution in [2.45, 2.75) is 287 Å². The molecule has 3 aliphatic rings. The van der Waals surface area contributed by atoms with Crippen LogP contribution >= 0.6 is 7.82 Å². The van der Waals surface area contributed by atoms with Gasteiger partial charge in [0, 0.05) is 51.8 Å². The van der Waals surface area contributed by atoms with Gasteiger partial charge in [-0.1, -0.05) is 109 Å². The smallest absolute Gasteiger partial charge is 0.462 e. The highest BCUT2D eigenvalue weighted by Gasteiger charge is 2.53. The second-order valence-corrected chi connectivity index (χ2v) is 25.3. The van der Waals surface area contributed by atoms with Gasteiger partial charge in [0.2, 0.25) is 11.8 Å². The van der Waals surface area contributed by atoms with Crippen molar-refractivity contribution >= 4 is 31.6 Å². The fourth-order valence-corrected chi connectivity index (χ4v) is 11.4. The third kappa shape index (κ3) is 31.9. The number of ether oxygens (including phenoxy) is 8. The first-order chi connectivity index (χ1) is 43.3. The van der Waals surface area contributed by atoms with E-state index in [9.17, 15) is 64.6 Å². The molecule has 0 aromatic carbocycles. The van der Waals surface area contributed by atoms with Crippen LogP contribution in [0, 0.1) is 5.92 Å². The number of phosphoric ester groups is 1. The molecule has 90 heavy (non-hydrogen) atoms. The Balaban J connectivity index is 1.34. The minimum atomic E-state index is -4.21. The molecule has 3 saturated heterocycles. The van der Waals surface area contributed by atoms with Crippen LogP contribution in [0.5, 0.6) is 0 Å². The summed E-state index contributed by atoms with van der Waals surface area (Å²) in [6.07, 6.45) is 8.80. The SMILES string of the molecule is C/C=C/CCCCCCCC(=O)OC[C@@H](COP(=O)(OC)OCCNC(=O)CCCCC(=O)NCCCO[C@@H]1O[C@@H](CO)[C@@H](O[C@@H]2OC(CO)[C@H](O)[C@H](O)C2O[C@@H]2OC(C)[C@@H](O)[C@H](O)C2O)C(O)C1C)OC(=O)CCCCCCC/C=C/CCCCCCCC. The lowest BCUT2D eigenvalue weighted by molar-refractivity contribution is -0.384. The Hall–Kier alpha value is -3.09. The van der Waals surface area contributed by atoms with Gasteiger partial charge in [0.05, 0.1) is 45.2 Å². The van der Waals surface area contributed by atoms with Gasteiger partial charge < -0.3 is 89.4 Å². The minimum absolute atomic E-state index is 0.0462. The van der Waals surface area contributed by atoms with Crippen molar-refractivity contribution in [2.24, 2.45) is 5.92 Å². The quantitative estimate of drug-likeness (QED) is 0.0155. The number of aliphatic hydroxyl groups is 8. The molecule has 27 heteroatoms. The molecule has 10 N–H and O–H groups in total. The van der Waals surface area contributed by atoms with Crippen LogP contribution in [0.3, 0.4) is 0 Å². The van der Waals surface area contributed by atoms with E-state index in [0.717, 1.165) is 77.7 Å². The Bertz CT molecular complexity index is 2040. The number of aliphatic hydroxyl groups excluding tert-OH is 8. The van der Waals surface area contributed by atoms with E-state index < -0.39 is 138 Å². The number of carbonyl (C=O) groups is 4. The van der Waals surface area contributed by atoms with Gasteiger partial charge in [-0.15, -0.1) is 0 Å². The van der Waals surface area contributed by atoms with Gasteiger partial charge in [-0.25, -0.2) is 4.57 Å². The fourth-order valence-electron chi connectivity index (χ4n) is 10.4. The van der Waals surface area contributed by atoms with E-state index in [1.165, 1.54) is 45.4 Å². The van der Waals surface area contributed by atoms with E-state index >= 15 is 0 Å². The van der Waals surface area contributed by atoms with E-state index in [-0.39, 0.29) is 70.4 Å². The van der Waals surface area contributed by atoms with Crippen LogP contribution in [0.4, 0.5) is 0 Å². The predicted molar refractivity (Wildman–Crippen MR) is 330 cm³/mol. The first-order valence-electron chi connectivity index (χ1n) is 33.1. The van der Waals surface area contributed by atoms with Crippen molar-refractivity contribution in [2.75, 3.05) is 59.8 Å². The molecule has 3 heterocycles. The number of carbonyl (C=O) groups excluding carboxylic acids is 4. The molecule has 3 rings (SSSR count). The van der Waals surface area contributed by atoms with Crippen LogP contribution in [0.2, 0.25) is 0 Å². The van der Waals surface area contributed by atoms with E-state index in [0.29, 0.717) is 32.1 Å². The first-order valence-corrected chi connectivity index (χ1v) is 34.6. The number of unbranched alkanes of at least 4 members (excludes halogenated alkanes) is 17. The third-order valence-electron chi connectivity index (χ3n) is 16.0. The lowest BCUT2D eigenvalue weighted by atomic mass is 9.92. The Labute approximate surface area is 533 Å². The van der Waals surface area contributed by atoms with E-state index in [2.05, 4.69) is 35.8 Å². The number of rotatable bonds is 50. The maximum absolute atomic E-state index is 13.4. The summed E-state index contributed by atoms with van der Waals surface area (Å²) in [5, 5.41) is 89.7. The van der Waals surface area contributed by atoms with Crippen LogP contribution in [-0.2, 0) is 75.2 Å². The summed E-state index contributed by atoms with van der Waals surface area (Å²) in [4.78, 5) is 50.8. The Morgan fingerprint density at radius 2 is 1.08 bits per heavy atom. The molecule has 0 saturated carbocycles. The molecule has 2 amide bonds. The van der Waals surface area contributed by atoms with Crippen LogP contribution in [0.25, 0.3) is 0 Å². The molecule has 0 aliphatic carbocycles. The van der Waals surface area contributed by atoms with Crippen LogP contribution in [0.1, 0.15) is 195 Å².